The standard InChI is InChI=1S/C17H26N2O3S/c1-23(21)17(9-6-10-17)13-18-16(20)19-11-4-2-3-7-14(19)15-8-5-12-22-15/h5,8,12,14H,2-4,6-7,9-11,13H2,1H3,(H,18,20)/t14-,23-/m0/s1. The van der Waals surface area contributed by atoms with Crippen molar-refractivity contribution >= 4 is 16.8 Å². The minimum absolute atomic E-state index is 0.0111. The van der Waals surface area contributed by atoms with E-state index in [9.17, 15) is 9.00 Å². The first-order valence-corrected chi connectivity index (χ1v) is 10.1. The molecule has 23 heavy (non-hydrogen) atoms. The van der Waals surface area contributed by atoms with Gasteiger partial charge in [0, 0.05) is 30.1 Å². The van der Waals surface area contributed by atoms with Crippen molar-refractivity contribution in [3.63, 3.8) is 0 Å². The summed E-state index contributed by atoms with van der Waals surface area (Å²) in [7, 11) is -0.897. The summed E-state index contributed by atoms with van der Waals surface area (Å²) in [5, 5.41) is 3.05. The van der Waals surface area contributed by atoms with Crippen LogP contribution in [0, 0.1) is 0 Å². The molecule has 5 nitrogen and oxygen atoms in total. The fourth-order valence-electron chi connectivity index (χ4n) is 3.60. The van der Waals surface area contributed by atoms with Crippen LogP contribution in [0.15, 0.2) is 22.8 Å². The van der Waals surface area contributed by atoms with Crippen molar-refractivity contribution in [3.8, 4) is 0 Å². The normalized spacial score (nSPS) is 25.3. The van der Waals surface area contributed by atoms with E-state index >= 15 is 0 Å². The smallest absolute Gasteiger partial charge is 0.318 e. The SMILES string of the molecule is C[S@](=O)C1(CNC(=O)N2CCCCC[C@H]2c2ccco2)CCC1. The highest BCUT2D eigenvalue weighted by Crippen LogP contribution is 2.36. The van der Waals surface area contributed by atoms with Gasteiger partial charge in [-0.05, 0) is 37.8 Å². The second-order valence-electron chi connectivity index (χ2n) is 6.72. The number of hydrogen-bond acceptors (Lipinski definition) is 3. The topological polar surface area (TPSA) is 62.6 Å². The molecule has 1 aromatic heterocycles. The molecule has 0 bridgehead atoms. The summed E-state index contributed by atoms with van der Waals surface area (Å²) in [6, 6.07) is 3.78. The summed E-state index contributed by atoms with van der Waals surface area (Å²) in [6.07, 6.45) is 10.6. The maximum absolute atomic E-state index is 12.7. The molecule has 1 saturated heterocycles. The number of nitrogens with one attached hydrogen (secondary N) is 1. The van der Waals surface area contributed by atoms with Gasteiger partial charge in [-0.15, -0.1) is 0 Å². The number of hydrogen-bond donors (Lipinski definition) is 1. The fraction of sp³-hybridized carbons (Fsp3) is 0.706. The minimum atomic E-state index is -0.897. The van der Waals surface area contributed by atoms with Crippen LogP contribution in [-0.4, -0.2) is 39.2 Å². The number of nitrogens with zero attached hydrogens (tertiary/aromatic N) is 1. The van der Waals surface area contributed by atoms with Gasteiger partial charge in [0.15, 0.2) is 0 Å². The van der Waals surface area contributed by atoms with Gasteiger partial charge < -0.3 is 14.6 Å². The molecule has 128 valence electrons. The Morgan fingerprint density at radius 2 is 2.22 bits per heavy atom. The van der Waals surface area contributed by atoms with Crippen molar-refractivity contribution in [2.24, 2.45) is 0 Å². The van der Waals surface area contributed by atoms with E-state index < -0.39 is 10.8 Å². The molecule has 1 saturated carbocycles. The molecule has 0 radical (unpaired) electrons. The van der Waals surface area contributed by atoms with E-state index in [2.05, 4.69) is 5.32 Å². The number of rotatable bonds is 4. The quantitative estimate of drug-likeness (QED) is 0.917. The van der Waals surface area contributed by atoms with Crippen LogP contribution in [0.25, 0.3) is 0 Å². The van der Waals surface area contributed by atoms with Crippen molar-refractivity contribution in [2.45, 2.75) is 55.7 Å². The average molecular weight is 338 g/mol. The van der Waals surface area contributed by atoms with Crippen molar-refractivity contribution in [1.82, 2.24) is 10.2 Å². The van der Waals surface area contributed by atoms with Crippen LogP contribution in [0.1, 0.15) is 56.7 Å². The first kappa shape index (κ1) is 16.6. The Morgan fingerprint density at radius 3 is 2.83 bits per heavy atom. The second kappa shape index (κ2) is 7.07. The largest absolute Gasteiger partial charge is 0.467 e. The number of furan rings is 1. The third-order valence-corrected chi connectivity index (χ3v) is 7.09. The molecule has 2 amide bonds. The molecule has 3 rings (SSSR count). The van der Waals surface area contributed by atoms with Crippen LogP contribution in [-0.2, 0) is 10.8 Å². The maximum atomic E-state index is 12.7. The fourth-order valence-corrected chi connectivity index (χ4v) is 4.74. The Hall–Kier alpha value is -1.30. The molecule has 1 N–H and O–H groups in total. The Balaban J connectivity index is 1.67. The molecule has 1 aliphatic carbocycles. The molecule has 2 atom stereocenters. The van der Waals surface area contributed by atoms with Crippen molar-refractivity contribution in [3.05, 3.63) is 24.2 Å². The van der Waals surface area contributed by atoms with Crippen LogP contribution in [0.4, 0.5) is 4.79 Å². The number of carbonyl (C=O) groups excluding carboxylic acids is 1. The summed E-state index contributed by atoms with van der Waals surface area (Å²) >= 11 is 0. The lowest BCUT2D eigenvalue weighted by molar-refractivity contribution is 0.163. The zero-order chi connectivity index (χ0) is 16.3. The lowest BCUT2D eigenvalue weighted by Crippen LogP contribution is -2.53. The van der Waals surface area contributed by atoms with E-state index in [1.54, 1.807) is 12.5 Å². The Bertz CT molecular complexity index is 554. The molecular weight excluding hydrogens is 312 g/mol. The third-order valence-electron chi connectivity index (χ3n) is 5.32. The van der Waals surface area contributed by atoms with Crippen LogP contribution in [0.3, 0.4) is 0 Å². The molecule has 0 aromatic carbocycles. The molecule has 0 unspecified atom stereocenters. The zero-order valence-corrected chi connectivity index (χ0v) is 14.6. The van der Waals surface area contributed by atoms with Crippen LogP contribution in [0.5, 0.6) is 0 Å². The first-order valence-electron chi connectivity index (χ1n) is 8.54. The highest BCUT2D eigenvalue weighted by Gasteiger charge is 2.41. The van der Waals surface area contributed by atoms with Crippen molar-refractivity contribution < 1.29 is 13.4 Å². The zero-order valence-electron chi connectivity index (χ0n) is 13.8. The van der Waals surface area contributed by atoms with Crippen LogP contribution < -0.4 is 5.32 Å². The molecule has 1 aliphatic heterocycles. The third kappa shape index (κ3) is 3.47. The molecule has 6 heteroatoms. The Kier molecular flexibility index (Phi) is 5.09. The number of amides is 2. The number of likely N-dealkylation sites (tertiary alicyclic amines) is 1. The average Bonchev–Trinajstić information content (AvgIpc) is 2.90. The predicted octanol–water partition coefficient (Wildman–Crippen LogP) is 3.21. The van der Waals surface area contributed by atoms with E-state index in [1.165, 1.54) is 0 Å². The van der Waals surface area contributed by atoms with Crippen LogP contribution in [0.2, 0.25) is 0 Å². The molecular formula is C17H26N2O3S. The molecule has 1 aromatic rings. The summed E-state index contributed by atoms with van der Waals surface area (Å²) < 4.78 is 17.3. The lowest BCUT2D eigenvalue weighted by Gasteiger charge is -2.40. The van der Waals surface area contributed by atoms with Gasteiger partial charge in [-0.25, -0.2) is 4.79 Å². The highest BCUT2D eigenvalue weighted by molar-refractivity contribution is 7.85. The van der Waals surface area contributed by atoms with E-state index in [0.29, 0.717) is 6.54 Å². The minimum Gasteiger partial charge on any atom is -0.467 e. The van der Waals surface area contributed by atoms with Crippen molar-refractivity contribution in [1.29, 1.82) is 0 Å². The van der Waals surface area contributed by atoms with Gasteiger partial charge in [0.05, 0.1) is 17.1 Å². The van der Waals surface area contributed by atoms with Crippen molar-refractivity contribution in [2.75, 3.05) is 19.3 Å². The molecule has 2 aliphatic rings. The monoisotopic (exact) mass is 338 g/mol. The molecule has 0 spiro atoms. The summed E-state index contributed by atoms with van der Waals surface area (Å²) in [5.74, 6) is 0.861. The first-order chi connectivity index (χ1) is 11.1. The van der Waals surface area contributed by atoms with E-state index in [1.807, 2.05) is 17.0 Å². The number of carbonyl (C=O) groups is 1. The Labute approximate surface area is 140 Å². The van der Waals surface area contributed by atoms with E-state index in [4.69, 9.17) is 4.42 Å². The molecule has 2 heterocycles. The van der Waals surface area contributed by atoms with Gasteiger partial charge in [0.25, 0.3) is 0 Å². The van der Waals surface area contributed by atoms with Gasteiger partial charge in [-0.3, -0.25) is 4.21 Å². The Morgan fingerprint density at radius 1 is 1.39 bits per heavy atom. The van der Waals surface area contributed by atoms with Gasteiger partial charge in [0.1, 0.15) is 5.76 Å². The summed E-state index contributed by atoms with van der Waals surface area (Å²) in [6.45, 7) is 1.26. The predicted molar refractivity (Wildman–Crippen MR) is 90.7 cm³/mol. The van der Waals surface area contributed by atoms with Gasteiger partial charge in [-0.2, -0.15) is 0 Å². The van der Waals surface area contributed by atoms with Gasteiger partial charge >= 0.3 is 6.03 Å². The van der Waals surface area contributed by atoms with E-state index in [-0.39, 0.29) is 16.8 Å². The van der Waals surface area contributed by atoms with E-state index in [0.717, 1.165) is 57.3 Å². The molecule has 2 fully saturated rings. The second-order valence-corrected chi connectivity index (χ2v) is 8.50. The highest BCUT2D eigenvalue weighted by atomic mass is 32.2. The summed E-state index contributed by atoms with van der Waals surface area (Å²) in [4.78, 5) is 14.6. The van der Waals surface area contributed by atoms with Gasteiger partial charge in [-0.1, -0.05) is 19.3 Å². The maximum Gasteiger partial charge on any atom is 0.318 e. The summed E-state index contributed by atoms with van der Waals surface area (Å²) in [5.41, 5.74) is 0. The van der Waals surface area contributed by atoms with Crippen LogP contribution >= 0.6 is 0 Å². The number of urea groups is 1. The lowest BCUT2D eigenvalue weighted by atomic mass is 9.84. The van der Waals surface area contributed by atoms with Gasteiger partial charge in [0.2, 0.25) is 0 Å².